The highest BCUT2D eigenvalue weighted by atomic mass is 16.3. The molecule has 2 heterocycles. The van der Waals surface area contributed by atoms with Crippen LogP contribution in [0.1, 0.15) is 31.2 Å². The Morgan fingerprint density at radius 3 is 2.92 bits per heavy atom. The van der Waals surface area contributed by atoms with Crippen LogP contribution < -0.4 is 5.32 Å². The Labute approximate surface area is 141 Å². The van der Waals surface area contributed by atoms with E-state index >= 15 is 0 Å². The third kappa shape index (κ3) is 3.41. The van der Waals surface area contributed by atoms with E-state index in [9.17, 15) is 9.90 Å². The van der Waals surface area contributed by atoms with E-state index in [2.05, 4.69) is 15.4 Å². The Morgan fingerprint density at radius 2 is 2.17 bits per heavy atom. The number of carbonyl (C=O) groups is 1. The number of hydrogen-bond donors (Lipinski definition) is 2. The van der Waals surface area contributed by atoms with Gasteiger partial charge in [-0.15, -0.1) is 0 Å². The molecular formula is C17H23N5O2. The zero-order valence-electron chi connectivity index (χ0n) is 13.9. The van der Waals surface area contributed by atoms with Gasteiger partial charge < -0.3 is 15.3 Å². The first-order valence-corrected chi connectivity index (χ1v) is 8.30. The van der Waals surface area contributed by atoms with Gasteiger partial charge in [0, 0.05) is 13.1 Å². The lowest BCUT2D eigenvalue weighted by Gasteiger charge is -2.39. The van der Waals surface area contributed by atoms with E-state index in [0.29, 0.717) is 32.6 Å². The minimum atomic E-state index is -0.986. The summed E-state index contributed by atoms with van der Waals surface area (Å²) in [5, 5.41) is 17.9. The van der Waals surface area contributed by atoms with Gasteiger partial charge in [-0.25, -0.2) is 14.5 Å². The first kappa shape index (κ1) is 16.4. The molecule has 1 atom stereocenters. The summed E-state index contributed by atoms with van der Waals surface area (Å²) in [4.78, 5) is 18.3. The number of amides is 2. The molecule has 7 nitrogen and oxygen atoms in total. The molecule has 0 spiro atoms. The molecule has 1 aromatic heterocycles. The van der Waals surface area contributed by atoms with Crippen LogP contribution in [0.3, 0.4) is 0 Å². The lowest BCUT2D eigenvalue weighted by molar-refractivity contribution is -0.0230. The lowest BCUT2D eigenvalue weighted by Crippen LogP contribution is -2.51. The van der Waals surface area contributed by atoms with Gasteiger partial charge in [0.25, 0.3) is 0 Å². The number of urea groups is 1. The molecule has 24 heavy (non-hydrogen) atoms. The lowest BCUT2D eigenvalue weighted by atomic mass is 9.86. The molecule has 1 fully saturated rings. The largest absolute Gasteiger partial charge is 0.383 e. The maximum Gasteiger partial charge on any atom is 0.317 e. The van der Waals surface area contributed by atoms with Gasteiger partial charge in [-0.05, 0) is 25.3 Å². The molecular weight excluding hydrogens is 306 g/mol. The Kier molecular flexibility index (Phi) is 4.80. The van der Waals surface area contributed by atoms with Crippen molar-refractivity contribution >= 4 is 6.03 Å². The van der Waals surface area contributed by atoms with Crippen molar-refractivity contribution in [3.05, 3.63) is 48.0 Å². The molecule has 7 heteroatoms. The van der Waals surface area contributed by atoms with Crippen LogP contribution in [0, 0.1) is 0 Å². The van der Waals surface area contributed by atoms with Gasteiger partial charge in [-0.2, -0.15) is 5.10 Å². The number of nitrogens with zero attached hydrogens (tertiary/aromatic N) is 4. The molecule has 1 aliphatic heterocycles. The highest BCUT2D eigenvalue weighted by Crippen LogP contribution is 2.31. The van der Waals surface area contributed by atoms with E-state index in [1.54, 1.807) is 9.58 Å². The summed E-state index contributed by atoms with van der Waals surface area (Å²) < 4.78 is 1.75. The van der Waals surface area contributed by atoms with Crippen LogP contribution in [0.2, 0.25) is 0 Å². The molecule has 128 valence electrons. The van der Waals surface area contributed by atoms with Gasteiger partial charge in [0.1, 0.15) is 17.8 Å². The first-order valence-electron chi connectivity index (χ1n) is 8.30. The number of piperidine rings is 1. The standard InChI is InChI=1S/C17H23N5O2/c1-2-22-15(19-13-20-22)11-18-16(23)21-10-6-9-17(24,12-21)14-7-4-3-5-8-14/h3-5,7-8,13,24H,2,6,9-12H2,1H3,(H,18,23). The van der Waals surface area contributed by atoms with Crippen molar-refractivity contribution in [1.82, 2.24) is 25.0 Å². The number of benzene rings is 1. The second-order valence-corrected chi connectivity index (χ2v) is 6.07. The Balaban J connectivity index is 1.63. The second kappa shape index (κ2) is 7.00. The van der Waals surface area contributed by atoms with Gasteiger partial charge in [-0.1, -0.05) is 30.3 Å². The fourth-order valence-corrected chi connectivity index (χ4v) is 3.15. The topological polar surface area (TPSA) is 83.3 Å². The summed E-state index contributed by atoms with van der Waals surface area (Å²) in [6.45, 7) is 3.95. The molecule has 0 bridgehead atoms. The maximum atomic E-state index is 12.5. The Hall–Kier alpha value is -2.41. The monoisotopic (exact) mass is 329 g/mol. The van der Waals surface area contributed by atoms with Crippen LogP contribution in [0.15, 0.2) is 36.7 Å². The van der Waals surface area contributed by atoms with Crippen molar-refractivity contribution in [1.29, 1.82) is 0 Å². The number of nitrogens with one attached hydrogen (secondary N) is 1. The normalized spacial score (nSPS) is 20.8. The maximum absolute atomic E-state index is 12.5. The summed E-state index contributed by atoms with van der Waals surface area (Å²) in [6.07, 6.45) is 2.91. The van der Waals surface area contributed by atoms with E-state index < -0.39 is 5.60 Å². The number of β-amino-alcohol motifs (C(OH)–C–C–N with tert-alkyl or cyclic N) is 1. The summed E-state index contributed by atoms with van der Waals surface area (Å²) in [5.74, 6) is 0.723. The molecule has 1 aromatic carbocycles. The summed E-state index contributed by atoms with van der Waals surface area (Å²) in [7, 11) is 0. The summed E-state index contributed by atoms with van der Waals surface area (Å²) >= 11 is 0. The number of carbonyl (C=O) groups excluding carboxylic acids is 1. The van der Waals surface area contributed by atoms with Crippen LogP contribution in [-0.4, -0.2) is 43.9 Å². The van der Waals surface area contributed by atoms with Gasteiger partial charge >= 0.3 is 6.03 Å². The van der Waals surface area contributed by atoms with Crippen LogP contribution in [-0.2, 0) is 18.7 Å². The van der Waals surface area contributed by atoms with Crippen molar-refractivity contribution < 1.29 is 9.90 Å². The average molecular weight is 329 g/mol. The van der Waals surface area contributed by atoms with Crippen molar-refractivity contribution in [2.24, 2.45) is 0 Å². The van der Waals surface area contributed by atoms with Crippen molar-refractivity contribution in [3.8, 4) is 0 Å². The fraction of sp³-hybridized carbons (Fsp3) is 0.471. The zero-order valence-corrected chi connectivity index (χ0v) is 13.9. The Morgan fingerprint density at radius 1 is 1.38 bits per heavy atom. The highest BCUT2D eigenvalue weighted by molar-refractivity contribution is 5.74. The number of aliphatic hydroxyl groups is 1. The van der Waals surface area contributed by atoms with Crippen molar-refractivity contribution in [2.45, 2.75) is 38.5 Å². The Bertz CT molecular complexity index is 687. The fourth-order valence-electron chi connectivity index (χ4n) is 3.15. The zero-order chi connectivity index (χ0) is 17.0. The molecule has 0 radical (unpaired) electrons. The van der Waals surface area contributed by atoms with E-state index in [1.807, 2.05) is 37.3 Å². The number of rotatable bonds is 4. The number of aryl methyl sites for hydroxylation is 1. The number of aromatic nitrogens is 3. The number of hydrogen-bond acceptors (Lipinski definition) is 4. The highest BCUT2D eigenvalue weighted by Gasteiger charge is 2.36. The van der Waals surface area contributed by atoms with E-state index in [-0.39, 0.29) is 6.03 Å². The average Bonchev–Trinajstić information content (AvgIpc) is 3.08. The van der Waals surface area contributed by atoms with Crippen LogP contribution in [0.5, 0.6) is 0 Å². The third-order valence-electron chi connectivity index (χ3n) is 4.46. The van der Waals surface area contributed by atoms with Crippen LogP contribution in [0.25, 0.3) is 0 Å². The molecule has 2 amide bonds. The molecule has 2 aromatic rings. The first-order chi connectivity index (χ1) is 11.6. The molecule has 0 aliphatic carbocycles. The predicted octanol–water partition coefficient (Wildman–Crippen LogP) is 1.49. The summed E-state index contributed by atoms with van der Waals surface area (Å²) in [5.41, 5.74) is -0.131. The molecule has 1 aliphatic rings. The van der Waals surface area contributed by atoms with E-state index in [0.717, 1.165) is 17.8 Å². The van der Waals surface area contributed by atoms with E-state index in [1.165, 1.54) is 6.33 Å². The molecule has 1 unspecified atom stereocenters. The second-order valence-electron chi connectivity index (χ2n) is 6.07. The van der Waals surface area contributed by atoms with Gasteiger partial charge in [0.2, 0.25) is 0 Å². The van der Waals surface area contributed by atoms with E-state index in [4.69, 9.17) is 0 Å². The van der Waals surface area contributed by atoms with Gasteiger partial charge in [0.05, 0.1) is 13.1 Å². The molecule has 0 saturated carbocycles. The van der Waals surface area contributed by atoms with Gasteiger partial charge in [-0.3, -0.25) is 0 Å². The molecule has 1 saturated heterocycles. The third-order valence-corrected chi connectivity index (χ3v) is 4.46. The molecule has 3 rings (SSSR count). The minimum Gasteiger partial charge on any atom is -0.383 e. The molecule has 2 N–H and O–H groups in total. The van der Waals surface area contributed by atoms with Crippen molar-refractivity contribution in [2.75, 3.05) is 13.1 Å². The predicted molar refractivity (Wildman–Crippen MR) is 89.1 cm³/mol. The van der Waals surface area contributed by atoms with Gasteiger partial charge in [0.15, 0.2) is 0 Å². The summed E-state index contributed by atoms with van der Waals surface area (Å²) in [6, 6.07) is 9.36. The SMILES string of the molecule is CCn1ncnc1CNC(=O)N1CCCC(O)(c2ccccc2)C1. The van der Waals surface area contributed by atoms with Crippen molar-refractivity contribution in [3.63, 3.8) is 0 Å². The minimum absolute atomic E-state index is 0.185. The number of likely N-dealkylation sites (tertiary alicyclic amines) is 1. The quantitative estimate of drug-likeness (QED) is 0.890. The van der Waals surface area contributed by atoms with Crippen LogP contribution >= 0.6 is 0 Å². The van der Waals surface area contributed by atoms with Crippen LogP contribution in [0.4, 0.5) is 4.79 Å². The smallest absolute Gasteiger partial charge is 0.317 e.